The van der Waals surface area contributed by atoms with Crippen LogP contribution in [0.5, 0.6) is 0 Å². The van der Waals surface area contributed by atoms with Gasteiger partial charge < -0.3 is 15.4 Å². The van der Waals surface area contributed by atoms with Gasteiger partial charge in [-0.25, -0.2) is 9.97 Å². The van der Waals surface area contributed by atoms with Crippen molar-refractivity contribution < 1.29 is 4.74 Å². The minimum absolute atomic E-state index is 0.679. The number of nitrogens with one attached hydrogen (secondary N) is 2. The van der Waals surface area contributed by atoms with Crippen LogP contribution < -0.4 is 10.6 Å². The molecule has 5 nitrogen and oxygen atoms in total. The first kappa shape index (κ1) is 12.3. The van der Waals surface area contributed by atoms with E-state index in [4.69, 9.17) is 4.74 Å². The van der Waals surface area contributed by atoms with Crippen molar-refractivity contribution in [2.24, 2.45) is 0 Å². The molecule has 0 radical (unpaired) electrons. The maximum Gasteiger partial charge on any atom is 0.134 e. The Hall–Kier alpha value is -1.20. The number of ether oxygens (including phenoxy) is 1. The summed E-state index contributed by atoms with van der Waals surface area (Å²) in [5, 5.41) is 6.75. The van der Waals surface area contributed by atoms with Crippen molar-refractivity contribution in [3.8, 4) is 0 Å². The molecule has 1 fully saturated rings. The molecule has 0 unspecified atom stereocenters. The van der Waals surface area contributed by atoms with E-state index in [9.17, 15) is 0 Å². The lowest BCUT2D eigenvalue weighted by molar-refractivity contribution is 0.210. The number of nitrogens with zero attached hydrogens (tertiary/aromatic N) is 2. The third-order valence-electron chi connectivity index (χ3n) is 2.74. The number of aryl methyl sites for hydroxylation is 1. The summed E-state index contributed by atoms with van der Waals surface area (Å²) in [4.78, 5) is 8.67. The van der Waals surface area contributed by atoms with Crippen LogP contribution in [-0.2, 0) is 11.3 Å². The van der Waals surface area contributed by atoms with E-state index in [-0.39, 0.29) is 0 Å². The van der Waals surface area contributed by atoms with E-state index < -0.39 is 0 Å². The molecule has 94 valence electrons. The number of hydrogen-bond donors (Lipinski definition) is 2. The lowest BCUT2D eigenvalue weighted by atomic mass is 10.3. The van der Waals surface area contributed by atoms with Crippen molar-refractivity contribution in [3.05, 3.63) is 17.6 Å². The van der Waals surface area contributed by atoms with Gasteiger partial charge in [0.15, 0.2) is 0 Å². The molecule has 1 saturated carbocycles. The highest BCUT2D eigenvalue weighted by molar-refractivity contribution is 5.42. The Balaban J connectivity index is 1.95. The second kappa shape index (κ2) is 5.93. The molecule has 0 atom stereocenters. The fraction of sp³-hybridized carbons (Fsp3) is 0.667. The van der Waals surface area contributed by atoms with Crippen molar-refractivity contribution in [2.45, 2.75) is 32.4 Å². The average molecular weight is 236 g/mol. The van der Waals surface area contributed by atoms with Crippen molar-refractivity contribution in [3.63, 3.8) is 0 Å². The van der Waals surface area contributed by atoms with Crippen LogP contribution >= 0.6 is 0 Å². The van der Waals surface area contributed by atoms with E-state index in [0.29, 0.717) is 12.6 Å². The standard InChI is InChI=1S/C12H20N4O/c1-9-14-7-10(8-15-11-3-4-11)12(16-9)13-5-6-17-2/h7,11,15H,3-6,8H2,1-2H3,(H,13,14,16). The molecule has 0 amide bonds. The highest BCUT2D eigenvalue weighted by Crippen LogP contribution is 2.20. The summed E-state index contributed by atoms with van der Waals surface area (Å²) in [6.07, 6.45) is 4.48. The van der Waals surface area contributed by atoms with Crippen LogP contribution in [0.25, 0.3) is 0 Å². The topological polar surface area (TPSA) is 59.1 Å². The van der Waals surface area contributed by atoms with E-state index in [0.717, 1.165) is 30.3 Å². The highest BCUT2D eigenvalue weighted by atomic mass is 16.5. The molecular formula is C12H20N4O. The number of rotatable bonds is 7. The number of hydrogen-bond acceptors (Lipinski definition) is 5. The molecule has 2 N–H and O–H groups in total. The van der Waals surface area contributed by atoms with Crippen LogP contribution in [0.1, 0.15) is 24.2 Å². The molecule has 0 saturated heterocycles. The Kier molecular flexibility index (Phi) is 4.28. The Morgan fingerprint density at radius 3 is 3.00 bits per heavy atom. The van der Waals surface area contributed by atoms with E-state index in [1.165, 1.54) is 12.8 Å². The van der Waals surface area contributed by atoms with E-state index in [1.54, 1.807) is 7.11 Å². The molecule has 17 heavy (non-hydrogen) atoms. The summed E-state index contributed by atoms with van der Waals surface area (Å²) in [6, 6.07) is 0.697. The predicted molar refractivity (Wildman–Crippen MR) is 67.0 cm³/mol. The van der Waals surface area contributed by atoms with Gasteiger partial charge in [-0.1, -0.05) is 0 Å². The Morgan fingerprint density at radius 1 is 1.47 bits per heavy atom. The van der Waals surface area contributed by atoms with Gasteiger partial charge in [0.1, 0.15) is 11.6 Å². The third kappa shape index (κ3) is 3.94. The molecule has 0 aromatic carbocycles. The fourth-order valence-corrected chi connectivity index (χ4v) is 1.59. The normalized spacial score (nSPS) is 14.9. The average Bonchev–Trinajstić information content (AvgIpc) is 3.12. The van der Waals surface area contributed by atoms with Crippen molar-refractivity contribution in [1.29, 1.82) is 0 Å². The molecule has 0 spiro atoms. The summed E-state index contributed by atoms with van der Waals surface area (Å²) >= 11 is 0. The van der Waals surface area contributed by atoms with Crippen molar-refractivity contribution in [2.75, 3.05) is 25.6 Å². The molecule has 1 aliphatic carbocycles. The summed E-state index contributed by atoms with van der Waals surface area (Å²) in [5.41, 5.74) is 1.12. The molecular weight excluding hydrogens is 216 g/mol. The highest BCUT2D eigenvalue weighted by Gasteiger charge is 2.20. The van der Waals surface area contributed by atoms with Gasteiger partial charge in [-0.05, 0) is 19.8 Å². The van der Waals surface area contributed by atoms with Gasteiger partial charge in [-0.3, -0.25) is 0 Å². The van der Waals surface area contributed by atoms with Crippen molar-refractivity contribution >= 4 is 5.82 Å². The zero-order valence-corrected chi connectivity index (χ0v) is 10.5. The SMILES string of the molecule is COCCNc1nc(C)ncc1CNC1CC1. The van der Waals surface area contributed by atoms with E-state index >= 15 is 0 Å². The fourth-order valence-electron chi connectivity index (χ4n) is 1.59. The van der Waals surface area contributed by atoms with Gasteiger partial charge in [0.25, 0.3) is 0 Å². The molecule has 1 aliphatic rings. The lowest BCUT2D eigenvalue weighted by Gasteiger charge is -2.11. The molecule has 1 aromatic rings. The first-order valence-corrected chi connectivity index (χ1v) is 6.08. The Bertz CT molecular complexity index is 366. The summed E-state index contributed by atoms with van der Waals surface area (Å²) in [5.74, 6) is 1.71. The second-order valence-corrected chi connectivity index (χ2v) is 4.37. The van der Waals surface area contributed by atoms with E-state index in [1.807, 2.05) is 13.1 Å². The Labute approximate surface area is 102 Å². The smallest absolute Gasteiger partial charge is 0.134 e. The minimum Gasteiger partial charge on any atom is -0.383 e. The summed E-state index contributed by atoms with van der Waals surface area (Å²) in [7, 11) is 1.70. The van der Waals surface area contributed by atoms with Gasteiger partial charge in [-0.15, -0.1) is 0 Å². The number of aromatic nitrogens is 2. The van der Waals surface area contributed by atoms with Crippen molar-refractivity contribution in [1.82, 2.24) is 15.3 Å². The first-order valence-electron chi connectivity index (χ1n) is 6.08. The molecule has 0 bridgehead atoms. The van der Waals surface area contributed by atoms with Crippen LogP contribution in [0, 0.1) is 6.92 Å². The number of anilines is 1. The van der Waals surface area contributed by atoms with Gasteiger partial charge >= 0.3 is 0 Å². The van der Waals surface area contributed by atoms with Crippen LogP contribution in [0.3, 0.4) is 0 Å². The zero-order chi connectivity index (χ0) is 12.1. The maximum absolute atomic E-state index is 5.02. The zero-order valence-electron chi connectivity index (χ0n) is 10.5. The monoisotopic (exact) mass is 236 g/mol. The molecule has 0 aliphatic heterocycles. The second-order valence-electron chi connectivity index (χ2n) is 4.37. The molecule has 5 heteroatoms. The van der Waals surface area contributed by atoms with Gasteiger partial charge in [0, 0.05) is 38.0 Å². The van der Waals surface area contributed by atoms with Gasteiger partial charge in [-0.2, -0.15) is 0 Å². The lowest BCUT2D eigenvalue weighted by Crippen LogP contribution is -2.19. The minimum atomic E-state index is 0.679. The summed E-state index contributed by atoms with van der Waals surface area (Å²) < 4.78 is 5.02. The largest absolute Gasteiger partial charge is 0.383 e. The van der Waals surface area contributed by atoms with Crippen LogP contribution in [-0.4, -0.2) is 36.3 Å². The Morgan fingerprint density at radius 2 is 2.29 bits per heavy atom. The van der Waals surface area contributed by atoms with Crippen LogP contribution in [0.4, 0.5) is 5.82 Å². The van der Waals surface area contributed by atoms with E-state index in [2.05, 4.69) is 20.6 Å². The molecule has 1 aromatic heterocycles. The third-order valence-corrected chi connectivity index (χ3v) is 2.74. The van der Waals surface area contributed by atoms with Gasteiger partial charge in [0.05, 0.1) is 6.61 Å². The number of methoxy groups -OCH3 is 1. The van der Waals surface area contributed by atoms with Crippen LogP contribution in [0.2, 0.25) is 0 Å². The maximum atomic E-state index is 5.02. The van der Waals surface area contributed by atoms with Gasteiger partial charge in [0.2, 0.25) is 0 Å². The summed E-state index contributed by atoms with van der Waals surface area (Å²) in [6.45, 7) is 4.18. The predicted octanol–water partition coefficient (Wildman–Crippen LogP) is 1.10. The first-order chi connectivity index (χ1) is 8.29. The quantitative estimate of drug-likeness (QED) is 0.694. The van der Waals surface area contributed by atoms with Crippen LogP contribution in [0.15, 0.2) is 6.20 Å². The molecule has 1 heterocycles. The molecule has 2 rings (SSSR count).